The summed E-state index contributed by atoms with van der Waals surface area (Å²) in [7, 11) is 0. The van der Waals surface area contributed by atoms with Crippen LogP contribution in [-0.2, 0) is 6.18 Å². The Kier molecular flexibility index (Phi) is 8.01. The highest BCUT2D eigenvalue weighted by Gasteiger charge is 2.33. The van der Waals surface area contributed by atoms with Crippen molar-refractivity contribution in [1.82, 2.24) is 4.90 Å². The summed E-state index contributed by atoms with van der Waals surface area (Å²) >= 11 is 0. The third-order valence-corrected chi connectivity index (χ3v) is 2.87. The van der Waals surface area contributed by atoms with Gasteiger partial charge in [-0.1, -0.05) is 12.2 Å². The summed E-state index contributed by atoms with van der Waals surface area (Å²) in [5, 5.41) is 0. The zero-order valence-corrected chi connectivity index (χ0v) is 13.8. The van der Waals surface area contributed by atoms with Gasteiger partial charge in [-0.15, -0.1) is 24.8 Å². The lowest BCUT2D eigenvalue weighted by atomic mass is 10.2. The number of nitrogens with two attached hydrogens (primary N) is 2. The number of guanidine groups is 2. The number of hydrogen-bond donors (Lipinski definition) is 2. The van der Waals surface area contributed by atoms with Crippen LogP contribution in [0.15, 0.2) is 40.3 Å². The van der Waals surface area contributed by atoms with E-state index in [1.807, 2.05) is 12.2 Å². The number of halogens is 6. The zero-order valence-electron chi connectivity index (χ0n) is 12.1. The van der Waals surface area contributed by atoms with Crippen LogP contribution in [-0.4, -0.2) is 29.9 Å². The molecule has 0 aromatic heterocycles. The predicted molar refractivity (Wildman–Crippen MR) is 89.5 cm³/mol. The van der Waals surface area contributed by atoms with Crippen LogP contribution in [0.25, 0.3) is 0 Å². The van der Waals surface area contributed by atoms with E-state index in [2.05, 4.69) is 9.98 Å². The van der Waals surface area contributed by atoms with Gasteiger partial charge in [0.1, 0.15) is 5.82 Å². The van der Waals surface area contributed by atoms with Crippen molar-refractivity contribution in [2.75, 3.05) is 13.1 Å². The Balaban J connectivity index is 0.00000264. The van der Waals surface area contributed by atoms with Crippen molar-refractivity contribution in [3.8, 4) is 0 Å². The molecule has 11 heteroatoms. The van der Waals surface area contributed by atoms with Gasteiger partial charge in [-0.25, -0.2) is 9.38 Å². The van der Waals surface area contributed by atoms with Crippen molar-refractivity contribution in [2.24, 2.45) is 21.5 Å². The first-order valence-corrected chi connectivity index (χ1v) is 6.22. The maximum atomic E-state index is 13.4. The number of nitrogens with zero attached hydrogens (tertiary/aromatic N) is 3. The topological polar surface area (TPSA) is 80.0 Å². The van der Waals surface area contributed by atoms with Crippen molar-refractivity contribution in [3.05, 3.63) is 41.7 Å². The first-order chi connectivity index (χ1) is 10.3. The molecule has 1 aliphatic rings. The SMILES string of the molecule is Cl.Cl.NC(=Nc1ccc(C(F)(F)F)c(F)c1)/N=C(/N)N1CC=CC1. The molecule has 0 atom stereocenters. The van der Waals surface area contributed by atoms with Crippen LogP contribution in [0.5, 0.6) is 0 Å². The van der Waals surface area contributed by atoms with Gasteiger partial charge in [-0.2, -0.15) is 18.2 Å². The molecule has 1 heterocycles. The number of alkyl halides is 3. The van der Waals surface area contributed by atoms with Crippen molar-refractivity contribution in [3.63, 3.8) is 0 Å². The Labute approximate surface area is 147 Å². The molecule has 0 saturated carbocycles. The molecule has 5 nitrogen and oxygen atoms in total. The Morgan fingerprint density at radius 2 is 1.67 bits per heavy atom. The molecule has 1 aliphatic heterocycles. The first kappa shape index (κ1) is 22.0. The van der Waals surface area contributed by atoms with E-state index in [1.54, 1.807) is 4.90 Å². The molecule has 0 radical (unpaired) electrons. The molecule has 0 aliphatic carbocycles. The molecule has 0 amide bonds. The number of aliphatic imine (C=N–C) groups is 2. The van der Waals surface area contributed by atoms with Gasteiger partial charge in [0.25, 0.3) is 0 Å². The minimum Gasteiger partial charge on any atom is -0.369 e. The fourth-order valence-corrected chi connectivity index (χ4v) is 1.81. The van der Waals surface area contributed by atoms with E-state index in [0.29, 0.717) is 25.2 Å². The Morgan fingerprint density at radius 3 is 2.17 bits per heavy atom. The summed E-state index contributed by atoms with van der Waals surface area (Å²) in [4.78, 5) is 9.25. The van der Waals surface area contributed by atoms with E-state index >= 15 is 0 Å². The molecular formula is C13H15Cl2F4N5. The minimum atomic E-state index is -4.76. The van der Waals surface area contributed by atoms with Crippen molar-refractivity contribution < 1.29 is 17.6 Å². The van der Waals surface area contributed by atoms with Gasteiger partial charge in [-0.05, 0) is 12.1 Å². The minimum absolute atomic E-state index is 0. The molecule has 4 N–H and O–H groups in total. The quantitative estimate of drug-likeness (QED) is 0.336. The van der Waals surface area contributed by atoms with E-state index < -0.39 is 17.6 Å². The Bertz CT molecular complexity index is 650. The lowest BCUT2D eigenvalue weighted by Crippen LogP contribution is -2.36. The van der Waals surface area contributed by atoms with E-state index in [4.69, 9.17) is 11.5 Å². The molecule has 0 spiro atoms. The van der Waals surface area contributed by atoms with Crippen LogP contribution in [0.1, 0.15) is 5.56 Å². The summed E-state index contributed by atoms with van der Waals surface area (Å²) in [5.41, 5.74) is 9.79. The fourth-order valence-electron chi connectivity index (χ4n) is 1.81. The molecule has 134 valence electrons. The molecule has 24 heavy (non-hydrogen) atoms. The number of hydrogen-bond acceptors (Lipinski definition) is 1. The lowest BCUT2D eigenvalue weighted by molar-refractivity contribution is -0.139. The third kappa shape index (κ3) is 5.57. The van der Waals surface area contributed by atoms with Gasteiger partial charge < -0.3 is 16.4 Å². The maximum Gasteiger partial charge on any atom is 0.419 e. The largest absolute Gasteiger partial charge is 0.419 e. The average molecular weight is 388 g/mol. The monoisotopic (exact) mass is 387 g/mol. The van der Waals surface area contributed by atoms with Crippen LogP contribution in [0.4, 0.5) is 23.2 Å². The van der Waals surface area contributed by atoms with Gasteiger partial charge in [-0.3, -0.25) is 0 Å². The molecule has 0 fully saturated rings. The summed E-state index contributed by atoms with van der Waals surface area (Å²) in [6.45, 7) is 1.16. The van der Waals surface area contributed by atoms with E-state index in [1.165, 1.54) is 0 Å². The van der Waals surface area contributed by atoms with E-state index in [9.17, 15) is 17.6 Å². The molecule has 0 bridgehead atoms. The average Bonchev–Trinajstić information content (AvgIpc) is 2.90. The lowest BCUT2D eigenvalue weighted by Gasteiger charge is -2.15. The second kappa shape index (κ2) is 8.74. The molecule has 1 aromatic rings. The number of rotatable bonds is 1. The van der Waals surface area contributed by atoms with Gasteiger partial charge in [0.05, 0.1) is 11.3 Å². The summed E-state index contributed by atoms with van der Waals surface area (Å²) in [5.74, 6) is -1.58. The van der Waals surface area contributed by atoms with Crippen molar-refractivity contribution >= 4 is 42.4 Å². The summed E-state index contributed by atoms with van der Waals surface area (Å²) in [6, 6.07) is 2.24. The van der Waals surface area contributed by atoms with Crippen LogP contribution >= 0.6 is 24.8 Å². The van der Waals surface area contributed by atoms with Crippen LogP contribution in [0.2, 0.25) is 0 Å². The highest BCUT2D eigenvalue weighted by molar-refractivity contribution is 5.94. The molecule has 0 saturated heterocycles. The second-order valence-corrected chi connectivity index (χ2v) is 4.48. The normalized spacial score (nSPS) is 15.1. The maximum absolute atomic E-state index is 13.4. The number of benzene rings is 1. The highest BCUT2D eigenvalue weighted by atomic mass is 35.5. The Morgan fingerprint density at radius 1 is 1.08 bits per heavy atom. The van der Waals surface area contributed by atoms with Gasteiger partial charge in [0, 0.05) is 19.2 Å². The fraction of sp³-hybridized carbons (Fsp3) is 0.231. The van der Waals surface area contributed by atoms with E-state index in [0.717, 1.165) is 6.07 Å². The summed E-state index contributed by atoms with van der Waals surface area (Å²) < 4.78 is 50.7. The van der Waals surface area contributed by atoms with E-state index in [-0.39, 0.29) is 42.4 Å². The highest BCUT2D eigenvalue weighted by Crippen LogP contribution is 2.32. The molecule has 1 aromatic carbocycles. The van der Waals surface area contributed by atoms with Crippen LogP contribution in [0.3, 0.4) is 0 Å². The first-order valence-electron chi connectivity index (χ1n) is 6.22. The standard InChI is InChI=1S/C13H13F4N5.2ClH/c14-10-7-8(3-4-9(10)13(15,16)17)20-11(18)21-12(19)22-5-1-2-6-22;;/h1-4,7H,5-6H2,(H4,18,19,20,21);2*1H. The van der Waals surface area contributed by atoms with Crippen LogP contribution < -0.4 is 11.5 Å². The second-order valence-electron chi connectivity index (χ2n) is 4.48. The molecule has 2 rings (SSSR count). The van der Waals surface area contributed by atoms with Gasteiger partial charge >= 0.3 is 6.18 Å². The van der Waals surface area contributed by atoms with Crippen molar-refractivity contribution in [1.29, 1.82) is 0 Å². The Hall–Kier alpha value is -2.00. The smallest absolute Gasteiger partial charge is 0.369 e. The van der Waals surface area contributed by atoms with Crippen molar-refractivity contribution in [2.45, 2.75) is 6.18 Å². The third-order valence-electron chi connectivity index (χ3n) is 2.87. The van der Waals surface area contributed by atoms with Gasteiger partial charge in [0.2, 0.25) is 5.96 Å². The predicted octanol–water partition coefficient (Wildman–Crippen LogP) is 2.82. The zero-order chi connectivity index (χ0) is 16.3. The molecule has 0 unspecified atom stereocenters. The summed E-state index contributed by atoms with van der Waals surface area (Å²) in [6.07, 6.45) is -0.981. The van der Waals surface area contributed by atoms with Gasteiger partial charge in [0.15, 0.2) is 5.96 Å². The van der Waals surface area contributed by atoms with Crippen LogP contribution in [0, 0.1) is 5.82 Å². The molecular weight excluding hydrogens is 373 g/mol.